The van der Waals surface area contributed by atoms with Gasteiger partial charge in [0.05, 0.1) is 5.69 Å². The average molecular weight is 275 g/mol. The Hall–Kier alpha value is -2.81. The molecule has 1 aliphatic rings. The van der Waals surface area contributed by atoms with Crippen LogP contribution in [-0.4, -0.2) is 11.0 Å². The Labute approximate surface area is 121 Å². The van der Waals surface area contributed by atoms with E-state index in [-0.39, 0.29) is 11.7 Å². The van der Waals surface area contributed by atoms with E-state index >= 15 is 0 Å². The lowest BCUT2D eigenvalue weighted by Crippen LogP contribution is -2.06. The van der Waals surface area contributed by atoms with Crippen molar-refractivity contribution in [2.75, 3.05) is 5.32 Å². The molecule has 3 aromatic carbocycles. The number of rotatable bonds is 1. The van der Waals surface area contributed by atoms with Gasteiger partial charge in [-0.3, -0.25) is 4.79 Å². The van der Waals surface area contributed by atoms with Crippen LogP contribution in [0.1, 0.15) is 6.92 Å². The van der Waals surface area contributed by atoms with E-state index in [1.807, 2.05) is 18.2 Å². The smallest absolute Gasteiger partial charge is 0.221 e. The van der Waals surface area contributed by atoms with Gasteiger partial charge in [0.15, 0.2) is 0 Å². The SMILES string of the molecule is CC(=O)Nc1cc2c(cc1O)-c1cccc3cccc-2c13. The number of anilines is 1. The van der Waals surface area contributed by atoms with Crippen molar-refractivity contribution in [2.45, 2.75) is 6.92 Å². The zero-order valence-corrected chi connectivity index (χ0v) is 11.5. The molecule has 102 valence electrons. The third-order valence-corrected chi connectivity index (χ3v) is 3.93. The third kappa shape index (κ3) is 1.64. The molecule has 1 amide bonds. The molecule has 0 aromatic heterocycles. The van der Waals surface area contributed by atoms with E-state index in [0.29, 0.717) is 5.69 Å². The second kappa shape index (κ2) is 4.09. The first-order valence-electron chi connectivity index (χ1n) is 6.82. The van der Waals surface area contributed by atoms with Crippen LogP contribution in [0, 0.1) is 0 Å². The van der Waals surface area contributed by atoms with Crippen LogP contribution in [0.2, 0.25) is 0 Å². The van der Waals surface area contributed by atoms with Crippen LogP contribution in [0.4, 0.5) is 5.69 Å². The van der Waals surface area contributed by atoms with Crippen molar-refractivity contribution >= 4 is 22.4 Å². The fourth-order valence-electron chi connectivity index (χ4n) is 3.11. The maximum absolute atomic E-state index is 11.3. The quantitative estimate of drug-likeness (QED) is 0.513. The van der Waals surface area contributed by atoms with Gasteiger partial charge in [-0.1, -0.05) is 36.4 Å². The zero-order valence-electron chi connectivity index (χ0n) is 11.5. The molecule has 2 N–H and O–H groups in total. The molecule has 3 nitrogen and oxygen atoms in total. The molecule has 0 heterocycles. The fraction of sp³-hybridized carbons (Fsp3) is 0.0556. The number of phenolic OH excluding ortho intramolecular Hbond substituents is 1. The van der Waals surface area contributed by atoms with E-state index < -0.39 is 0 Å². The molecule has 21 heavy (non-hydrogen) atoms. The lowest BCUT2D eigenvalue weighted by atomic mass is 10.0. The van der Waals surface area contributed by atoms with Crippen LogP contribution in [0.3, 0.4) is 0 Å². The maximum Gasteiger partial charge on any atom is 0.221 e. The molecule has 0 unspecified atom stereocenters. The minimum absolute atomic E-state index is 0.0914. The highest BCUT2D eigenvalue weighted by atomic mass is 16.3. The van der Waals surface area contributed by atoms with Gasteiger partial charge in [0.2, 0.25) is 5.91 Å². The molecule has 0 saturated carbocycles. The van der Waals surface area contributed by atoms with Crippen molar-refractivity contribution in [3.63, 3.8) is 0 Å². The molecule has 3 aromatic rings. The van der Waals surface area contributed by atoms with Crippen molar-refractivity contribution in [1.82, 2.24) is 0 Å². The number of phenols is 1. The van der Waals surface area contributed by atoms with E-state index in [1.54, 1.807) is 6.07 Å². The summed E-state index contributed by atoms with van der Waals surface area (Å²) in [5.41, 5.74) is 4.77. The van der Waals surface area contributed by atoms with Gasteiger partial charge in [0.1, 0.15) is 5.75 Å². The molecule has 0 fully saturated rings. The summed E-state index contributed by atoms with van der Waals surface area (Å²) in [6.45, 7) is 1.43. The topological polar surface area (TPSA) is 49.3 Å². The summed E-state index contributed by atoms with van der Waals surface area (Å²) in [5, 5.41) is 15.2. The largest absolute Gasteiger partial charge is 0.506 e. The first kappa shape index (κ1) is 12.0. The van der Waals surface area contributed by atoms with Crippen molar-refractivity contribution in [1.29, 1.82) is 0 Å². The summed E-state index contributed by atoms with van der Waals surface area (Å²) >= 11 is 0. The molecule has 4 rings (SSSR count). The predicted molar refractivity (Wildman–Crippen MR) is 84.3 cm³/mol. The highest BCUT2D eigenvalue weighted by Gasteiger charge is 2.22. The maximum atomic E-state index is 11.3. The fourth-order valence-corrected chi connectivity index (χ4v) is 3.11. The Bertz CT molecular complexity index is 907. The number of aromatic hydroxyl groups is 1. The van der Waals surface area contributed by atoms with E-state index in [9.17, 15) is 9.90 Å². The normalized spacial score (nSPS) is 11.5. The minimum Gasteiger partial charge on any atom is -0.506 e. The summed E-state index contributed by atoms with van der Waals surface area (Å²) in [4.78, 5) is 11.3. The van der Waals surface area contributed by atoms with Crippen LogP contribution in [0.5, 0.6) is 5.75 Å². The monoisotopic (exact) mass is 275 g/mol. The number of nitrogens with one attached hydrogen (secondary N) is 1. The van der Waals surface area contributed by atoms with Gasteiger partial charge in [0, 0.05) is 6.92 Å². The van der Waals surface area contributed by atoms with E-state index in [1.165, 1.54) is 17.7 Å². The molecule has 1 aliphatic carbocycles. The number of fused-ring (bicyclic) bond motifs is 3. The number of amides is 1. The highest BCUT2D eigenvalue weighted by Crippen LogP contribution is 2.49. The molecular weight excluding hydrogens is 262 g/mol. The molecule has 0 spiro atoms. The molecular formula is C18H13NO2. The van der Waals surface area contributed by atoms with Crippen LogP contribution < -0.4 is 5.32 Å². The Balaban J connectivity index is 2.05. The van der Waals surface area contributed by atoms with E-state index in [0.717, 1.165) is 22.3 Å². The summed E-state index contributed by atoms with van der Waals surface area (Å²) in [6, 6.07) is 15.9. The molecule has 0 atom stereocenters. The van der Waals surface area contributed by atoms with E-state index in [2.05, 4.69) is 29.6 Å². The summed E-state index contributed by atoms with van der Waals surface area (Å²) in [7, 11) is 0. The Morgan fingerprint density at radius 3 is 2.19 bits per heavy atom. The Kier molecular flexibility index (Phi) is 2.33. The predicted octanol–water partition coefficient (Wildman–Crippen LogP) is 4.15. The molecule has 0 radical (unpaired) electrons. The lowest BCUT2D eigenvalue weighted by molar-refractivity contribution is -0.114. The number of carbonyl (C=O) groups excluding carboxylic acids is 1. The van der Waals surface area contributed by atoms with E-state index in [4.69, 9.17) is 0 Å². The summed E-state index contributed by atoms with van der Waals surface area (Å²) < 4.78 is 0. The van der Waals surface area contributed by atoms with Crippen molar-refractivity contribution in [3.05, 3.63) is 48.5 Å². The standard InChI is InChI=1S/C18H13NO2/c1-10(20)19-16-8-14-12-6-2-4-11-5-3-7-13(18(11)12)15(14)9-17(16)21/h2-9,21H,1H3,(H,19,20). The van der Waals surface area contributed by atoms with Gasteiger partial charge in [0.25, 0.3) is 0 Å². The summed E-state index contributed by atoms with van der Waals surface area (Å²) in [6.07, 6.45) is 0. The van der Waals surface area contributed by atoms with Gasteiger partial charge in [-0.2, -0.15) is 0 Å². The molecule has 0 saturated heterocycles. The molecule has 3 heteroatoms. The van der Waals surface area contributed by atoms with Crippen molar-refractivity contribution in [2.24, 2.45) is 0 Å². The van der Waals surface area contributed by atoms with Crippen LogP contribution in [-0.2, 0) is 4.79 Å². The summed E-state index contributed by atoms with van der Waals surface area (Å²) in [5.74, 6) is -0.104. The van der Waals surface area contributed by atoms with Crippen LogP contribution in [0.25, 0.3) is 33.0 Å². The van der Waals surface area contributed by atoms with Gasteiger partial charge in [-0.05, 0) is 45.2 Å². The number of hydrogen-bond acceptors (Lipinski definition) is 2. The molecule has 0 bridgehead atoms. The minimum atomic E-state index is -0.195. The first-order valence-corrected chi connectivity index (χ1v) is 6.82. The second-order valence-corrected chi connectivity index (χ2v) is 5.31. The second-order valence-electron chi connectivity index (χ2n) is 5.31. The first-order chi connectivity index (χ1) is 10.1. The average Bonchev–Trinajstić information content (AvgIpc) is 2.76. The molecule has 0 aliphatic heterocycles. The number of hydrogen-bond donors (Lipinski definition) is 2. The number of benzene rings is 3. The highest BCUT2D eigenvalue weighted by molar-refractivity contribution is 6.16. The number of carbonyl (C=O) groups is 1. The van der Waals surface area contributed by atoms with Crippen molar-refractivity contribution in [3.8, 4) is 28.0 Å². The van der Waals surface area contributed by atoms with Crippen LogP contribution in [0.15, 0.2) is 48.5 Å². The zero-order chi connectivity index (χ0) is 14.6. The van der Waals surface area contributed by atoms with Crippen molar-refractivity contribution < 1.29 is 9.90 Å². The van der Waals surface area contributed by atoms with Gasteiger partial charge in [-0.25, -0.2) is 0 Å². The third-order valence-electron chi connectivity index (χ3n) is 3.93. The van der Waals surface area contributed by atoms with Gasteiger partial charge >= 0.3 is 0 Å². The van der Waals surface area contributed by atoms with Crippen LogP contribution >= 0.6 is 0 Å². The lowest BCUT2D eigenvalue weighted by Gasteiger charge is -2.09. The van der Waals surface area contributed by atoms with Gasteiger partial charge in [-0.15, -0.1) is 0 Å². The Morgan fingerprint density at radius 2 is 1.57 bits per heavy atom. The Morgan fingerprint density at radius 1 is 0.952 bits per heavy atom. The van der Waals surface area contributed by atoms with Gasteiger partial charge < -0.3 is 10.4 Å².